The van der Waals surface area contributed by atoms with Gasteiger partial charge >= 0.3 is 0 Å². The molecule has 2 N–H and O–H groups in total. The summed E-state index contributed by atoms with van der Waals surface area (Å²) in [5.74, 6) is -0.323. The number of aromatic nitrogens is 1. The molecule has 7 heteroatoms. The lowest BCUT2D eigenvalue weighted by molar-refractivity contribution is -0.384. The zero-order valence-electron chi connectivity index (χ0n) is 11.1. The molecule has 0 aliphatic heterocycles. The molecule has 1 aromatic heterocycles. The molecule has 1 amide bonds. The second kappa shape index (κ2) is 6.89. The Morgan fingerprint density at radius 2 is 2.16 bits per heavy atom. The van der Waals surface area contributed by atoms with Crippen LogP contribution in [-0.2, 0) is 0 Å². The molecule has 7 nitrogen and oxygen atoms in total. The number of hydrogen-bond donors (Lipinski definition) is 2. The van der Waals surface area contributed by atoms with Gasteiger partial charge in [-0.1, -0.05) is 13.8 Å². The summed E-state index contributed by atoms with van der Waals surface area (Å²) >= 11 is 0. The van der Waals surface area contributed by atoms with Crippen molar-refractivity contribution < 1.29 is 14.8 Å². The number of nitro groups is 1. The maximum Gasteiger partial charge on any atom is 0.287 e. The van der Waals surface area contributed by atoms with Crippen molar-refractivity contribution >= 4 is 11.6 Å². The smallest absolute Gasteiger partial charge is 0.287 e. The normalized spacial score (nSPS) is 10.7. The summed E-state index contributed by atoms with van der Waals surface area (Å²) < 4.78 is 0. The molecule has 0 atom stereocenters. The zero-order valence-corrected chi connectivity index (χ0v) is 11.1. The average Bonchev–Trinajstić information content (AvgIpc) is 2.88. The highest BCUT2D eigenvalue weighted by molar-refractivity contribution is 5.93. The molecule has 0 aromatic carbocycles. The molecule has 0 aliphatic carbocycles. The lowest BCUT2D eigenvalue weighted by atomic mass is 10.1. The molecule has 0 bridgehead atoms. The first-order valence-electron chi connectivity index (χ1n) is 6.29. The van der Waals surface area contributed by atoms with Crippen LogP contribution in [0, 0.1) is 10.1 Å². The van der Waals surface area contributed by atoms with Crippen LogP contribution in [0.2, 0.25) is 0 Å². The molecule has 0 radical (unpaired) electrons. The number of aliphatic hydroxyl groups excluding tert-OH is 1. The number of aliphatic hydroxyl groups is 1. The van der Waals surface area contributed by atoms with Gasteiger partial charge in [0.1, 0.15) is 5.69 Å². The topological polar surface area (TPSA) is 99.5 Å². The molecule has 0 saturated carbocycles. The van der Waals surface area contributed by atoms with Gasteiger partial charge in [-0.15, -0.1) is 0 Å². The van der Waals surface area contributed by atoms with E-state index in [-0.39, 0.29) is 36.5 Å². The van der Waals surface area contributed by atoms with Crippen molar-refractivity contribution in [3.8, 4) is 0 Å². The Kier molecular flexibility index (Phi) is 5.50. The van der Waals surface area contributed by atoms with Crippen LogP contribution >= 0.6 is 0 Å². The lowest BCUT2D eigenvalue weighted by Gasteiger charge is -2.29. The largest absolute Gasteiger partial charge is 0.395 e. The third kappa shape index (κ3) is 3.54. The first-order chi connectivity index (χ1) is 9.04. The van der Waals surface area contributed by atoms with E-state index in [0.717, 1.165) is 12.8 Å². The first kappa shape index (κ1) is 15.2. The van der Waals surface area contributed by atoms with E-state index in [0.29, 0.717) is 0 Å². The minimum Gasteiger partial charge on any atom is -0.395 e. The van der Waals surface area contributed by atoms with Gasteiger partial charge in [-0.2, -0.15) is 0 Å². The van der Waals surface area contributed by atoms with Crippen molar-refractivity contribution in [1.82, 2.24) is 9.88 Å². The Balaban J connectivity index is 2.94. The van der Waals surface area contributed by atoms with Crippen LogP contribution in [0.5, 0.6) is 0 Å². The standard InChI is InChI=1S/C12H19N3O4/c1-3-9(4-2)14(5-6-16)12(17)11-7-10(8-13-11)15(18)19/h7-9,13,16H,3-6H2,1-2H3. The summed E-state index contributed by atoms with van der Waals surface area (Å²) in [5.41, 5.74) is 0.0314. The van der Waals surface area contributed by atoms with Gasteiger partial charge in [0, 0.05) is 18.7 Å². The number of aromatic amines is 1. The molecular formula is C12H19N3O4. The number of amides is 1. The van der Waals surface area contributed by atoms with Crippen LogP contribution in [0.4, 0.5) is 5.69 Å². The monoisotopic (exact) mass is 269 g/mol. The lowest BCUT2D eigenvalue weighted by Crippen LogP contribution is -2.41. The van der Waals surface area contributed by atoms with E-state index < -0.39 is 4.92 Å². The van der Waals surface area contributed by atoms with E-state index in [1.54, 1.807) is 4.90 Å². The SMILES string of the molecule is CCC(CC)N(CCO)C(=O)c1cc([N+](=O)[O-])c[nH]1. The fourth-order valence-corrected chi connectivity index (χ4v) is 2.05. The summed E-state index contributed by atoms with van der Waals surface area (Å²) in [4.78, 5) is 26.5. The van der Waals surface area contributed by atoms with Crippen molar-refractivity contribution in [2.24, 2.45) is 0 Å². The summed E-state index contributed by atoms with van der Waals surface area (Å²) in [5, 5.41) is 19.7. The van der Waals surface area contributed by atoms with Crippen molar-refractivity contribution in [1.29, 1.82) is 0 Å². The summed E-state index contributed by atoms with van der Waals surface area (Å²) in [6.07, 6.45) is 2.73. The predicted octanol–water partition coefficient (Wildman–Crippen LogP) is 1.55. The second-order valence-corrected chi connectivity index (χ2v) is 4.22. The molecule has 0 saturated heterocycles. The number of rotatable bonds is 7. The van der Waals surface area contributed by atoms with Crippen molar-refractivity contribution in [3.63, 3.8) is 0 Å². The van der Waals surface area contributed by atoms with Gasteiger partial charge in [-0.3, -0.25) is 14.9 Å². The summed E-state index contributed by atoms with van der Waals surface area (Å²) in [6, 6.07) is 1.23. The van der Waals surface area contributed by atoms with E-state index in [2.05, 4.69) is 4.98 Å². The number of H-pyrrole nitrogens is 1. The Bertz CT molecular complexity index is 440. The summed E-state index contributed by atoms with van der Waals surface area (Å²) in [7, 11) is 0. The average molecular weight is 269 g/mol. The van der Waals surface area contributed by atoms with Crippen molar-refractivity contribution in [2.75, 3.05) is 13.2 Å². The fraction of sp³-hybridized carbons (Fsp3) is 0.583. The summed E-state index contributed by atoms with van der Waals surface area (Å²) in [6.45, 7) is 4.01. The molecule has 0 unspecified atom stereocenters. The van der Waals surface area contributed by atoms with E-state index in [1.807, 2.05) is 13.8 Å². The predicted molar refractivity (Wildman–Crippen MR) is 69.9 cm³/mol. The molecule has 1 rings (SSSR count). The number of nitrogens with zero attached hydrogens (tertiary/aromatic N) is 2. The van der Waals surface area contributed by atoms with Crippen molar-refractivity contribution in [3.05, 3.63) is 28.1 Å². The van der Waals surface area contributed by atoms with Crippen LogP contribution in [0.25, 0.3) is 0 Å². The zero-order chi connectivity index (χ0) is 14.4. The highest BCUT2D eigenvalue weighted by Crippen LogP contribution is 2.17. The fourth-order valence-electron chi connectivity index (χ4n) is 2.05. The van der Waals surface area contributed by atoms with Gasteiger partial charge < -0.3 is 15.0 Å². The second-order valence-electron chi connectivity index (χ2n) is 4.22. The third-order valence-corrected chi connectivity index (χ3v) is 3.09. The molecule has 0 spiro atoms. The number of carbonyl (C=O) groups excluding carboxylic acids is 1. The highest BCUT2D eigenvalue weighted by atomic mass is 16.6. The van der Waals surface area contributed by atoms with Crippen LogP contribution in [0.15, 0.2) is 12.3 Å². The van der Waals surface area contributed by atoms with Crippen LogP contribution in [0.3, 0.4) is 0 Å². The van der Waals surface area contributed by atoms with Gasteiger partial charge in [-0.25, -0.2) is 0 Å². The van der Waals surface area contributed by atoms with E-state index >= 15 is 0 Å². The van der Waals surface area contributed by atoms with Gasteiger partial charge in [0.05, 0.1) is 17.7 Å². The maximum atomic E-state index is 12.3. The molecule has 0 fully saturated rings. The highest BCUT2D eigenvalue weighted by Gasteiger charge is 2.24. The molecule has 19 heavy (non-hydrogen) atoms. The van der Waals surface area contributed by atoms with Gasteiger partial charge in [0.15, 0.2) is 0 Å². The first-order valence-corrected chi connectivity index (χ1v) is 6.29. The van der Waals surface area contributed by atoms with Crippen LogP contribution in [0.1, 0.15) is 37.2 Å². The van der Waals surface area contributed by atoms with Gasteiger partial charge in [0.2, 0.25) is 0 Å². The molecule has 1 aromatic rings. The number of carbonyl (C=O) groups is 1. The van der Waals surface area contributed by atoms with E-state index in [4.69, 9.17) is 5.11 Å². The minimum absolute atomic E-state index is 0.0157. The number of nitrogens with one attached hydrogen (secondary N) is 1. The Morgan fingerprint density at radius 1 is 1.53 bits per heavy atom. The minimum atomic E-state index is -0.555. The Hall–Kier alpha value is -1.89. The maximum absolute atomic E-state index is 12.3. The third-order valence-electron chi connectivity index (χ3n) is 3.09. The number of hydrogen-bond acceptors (Lipinski definition) is 4. The molecule has 1 heterocycles. The molecule has 0 aliphatic rings. The van der Waals surface area contributed by atoms with Crippen molar-refractivity contribution in [2.45, 2.75) is 32.7 Å². The van der Waals surface area contributed by atoms with Gasteiger partial charge in [-0.05, 0) is 12.8 Å². The van der Waals surface area contributed by atoms with E-state index in [9.17, 15) is 14.9 Å². The van der Waals surface area contributed by atoms with Gasteiger partial charge in [0.25, 0.3) is 11.6 Å². The molecule has 106 valence electrons. The quantitative estimate of drug-likeness (QED) is 0.579. The molecular weight excluding hydrogens is 250 g/mol. The Labute approximate surface area is 111 Å². The van der Waals surface area contributed by atoms with Crippen LogP contribution in [-0.4, -0.2) is 45.0 Å². The van der Waals surface area contributed by atoms with Crippen LogP contribution < -0.4 is 0 Å². The van der Waals surface area contributed by atoms with E-state index in [1.165, 1.54) is 12.3 Å². The Morgan fingerprint density at radius 3 is 2.58 bits per heavy atom.